The fourth-order valence-corrected chi connectivity index (χ4v) is 4.22. The van der Waals surface area contributed by atoms with E-state index in [-0.39, 0.29) is 12.5 Å². The lowest BCUT2D eigenvalue weighted by atomic mass is 9.90. The van der Waals surface area contributed by atoms with E-state index < -0.39 is 29.8 Å². The summed E-state index contributed by atoms with van der Waals surface area (Å²) in [6.07, 6.45) is -0.981. The van der Waals surface area contributed by atoms with Crippen molar-refractivity contribution in [2.24, 2.45) is 5.92 Å². The first-order chi connectivity index (χ1) is 14.6. The maximum Gasteiger partial charge on any atom is 0.262 e. The minimum absolute atomic E-state index is 0.171. The molecule has 6 heteroatoms. The van der Waals surface area contributed by atoms with Crippen molar-refractivity contribution < 1.29 is 18.8 Å². The first-order valence-corrected chi connectivity index (χ1v) is 9.80. The van der Waals surface area contributed by atoms with Crippen LogP contribution in [-0.4, -0.2) is 22.8 Å². The second-order valence-corrected chi connectivity index (χ2v) is 7.43. The van der Waals surface area contributed by atoms with E-state index in [0.29, 0.717) is 11.3 Å². The fraction of sp³-hybridized carbons (Fsp3) is 0.167. The maximum atomic E-state index is 14.8. The highest BCUT2D eigenvalue weighted by Gasteiger charge is 2.60. The van der Waals surface area contributed by atoms with Crippen molar-refractivity contribution >= 4 is 17.5 Å². The highest BCUT2D eigenvalue weighted by atomic mass is 19.1. The third-order valence-electron chi connectivity index (χ3n) is 5.62. The lowest BCUT2D eigenvalue weighted by molar-refractivity contribution is -0.143. The Morgan fingerprint density at radius 2 is 1.43 bits per heavy atom. The molecule has 2 heterocycles. The molecule has 0 saturated carbocycles. The topological polar surface area (TPSA) is 49.9 Å². The van der Waals surface area contributed by atoms with Gasteiger partial charge in [0.15, 0.2) is 6.10 Å². The monoisotopic (exact) mass is 402 g/mol. The van der Waals surface area contributed by atoms with Crippen LogP contribution < -0.4 is 5.06 Å². The number of anilines is 1. The first kappa shape index (κ1) is 18.5. The van der Waals surface area contributed by atoms with Crippen molar-refractivity contribution in [2.45, 2.75) is 18.7 Å². The Labute approximate surface area is 173 Å². The summed E-state index contributed by atoms with van der Waals surface area (Å²) in [5, 5.41) is 1.50. The van der Waals surface area contributed by atoms with E-state index in [2.05, 4.69) is 0 Å². The molecular formula is C24H19FN2O3. The molecule has 2 aliphatic heterocycles. The highest BCUT2D eigenvalue weighted by Crippen LogP contribution is 2.47. The van der Waals surface area contributed by atoms with Crippen LogP contribution in [0.1, 0.15) is 17.2 Å². The van der Waals surface area contributed by atoms with Crippen molar-refractivity contribution in [1.29, 1.82) is 0 Å². The SMILES string of the molecule is O=C1[C@@H]2[C@H](ON(c3ccccc3)[C@H]2c2ccccc2F)C(=O)N1Cc1ccccc1. The highest BCUT2D eigenvalue weighted by molar-refractivity contribution is 6.07. The molecule has 5 nitrogen and oxygen atoms in total. The predicted octanol–water partition coefficient (Wildman–Crippen LogP) is 3.87. The average Bonchev–Trinajstić information content (AvgIpc) is 3.27. The second kappa shape index (κ2) is 7.39. The quantitative estimate of drug-likeness (QED) is 0.622. The van der Waals surface area contributed by atoms with Gasteiger partial charge in [-0.3, -0.25) is 19.3 Å². The third-order valence-corrected chi connectivity index (χ3v) is 5.62. The third kappa shape index (κ3) is 2.97. The molecule has 150 valence electrons. The van der Waals surface area contributed by atoms with Crippen molar-refractivity contribution in [3.8, 4) is 0 Å². The number of amides is 2. The molecule has 30 heavy (non-hydrogen) atoms. The molecule has 0 bridgehead atoms. The molecular weight excluding hydrogens is 383 g/mol. The Morgan fingerprint density at radius 3 is 2.13 bits per heavy atom. The standard InChI is InChI=1S/C24H19FN2O3/c25-19-14-8-7-13-18(19)21-20-22(30-27(21)17-11-5-2-6-12-17)24(29)26(23(20)28)15-16-9-3-1-4-10-16/h1-14,20-22H,15H2/t20-,21-,22-/m0/s1. The molecule has 0 unspecified atom stereocenters. The smallest absolute Gasteiger partial charge is 0.262 e. The number of carbonyl (C=O) groups excluding carboxylic acids is 2. The molecule has 3 atom stereocenters. The summed E-state index contributed by atoms with van der Waals surface area (Å²) < 4.78 is 14.8. The number of imide groups is 1. The molecule has 2 aliphatic rings. The van der Waals surface area contributed by atoms with Crippen LogP contribution in [0.4, 0.5) is 10.1 Å². The normalized spacial score (nSPS) is 23.2. The molecule has 0 aliphatic carbocycles. The van der Waals surface area contributed by atoms with Gasteiger partial charge in [-0.1, -0.05) is 66.7 Å². The zero-order valence-electron chi connectivity index (χ0n) is 16.0. The summed E-state index contributed by atoms with van der Waals surface area (Å²) in [6.45, 7) is 0.171. The minimum atomic E-state index is -0.981. The molecule has 2 fully saturated rings. The molecule has 2 saturated heterocycles. The lowest BCUT2D eigenvalue weighted by Gasteiger charge is -2.29. The summed E-state index contributed by atoms with van der Waals surface area (Å²) in [5.41, 5.74) is 1.84. The van der Waals surface area contributed by atoms with Gasteiger partial charge in [0, 0.05) is 5.56 Å². The Balaban J connectivity index is 1.54. The molecule has 3 aromatic carbocycles. The van der Waals surface area contributed by atoms with E-state index >= 15 is 0 Å². The zero-order chi connectivity index (χ0) is 20.7. The van der Waals surface area contributed by atoms with Crippen LogP contribution in [0.5, 0.6) is 0 Å². The van der Waals surface area contributed by atoms with E-state index in [9.17, 15) is 14.0 Å². The van der Waals surface area contributed by atoms with Gasteiger partial charge in [0.1, 0.15) is 11.7 Å². The summed E-state index contributed by atoms with van der Waals surface area (Å²) in [4.78, 5) is 33.7. The summed E-state index contributed by atoms with van der Waals surface area (Å²) in [5.74, 6) is -2.00. The lowest BCUT2D eigenvalue weighted by Crippen LogP contribution is -2.37. The average molecular weight is 402 g/mol. The van der Waals surface area contributed by atoms with Gasteiger partial charge in [-0.2, -0.15) is 0 Å². The molecule has 0 N–H and O–H groups in total. The number of fused-ring (bicyclic) bond motifs is 1. The van der Waals surface area contributed by atoms with Gasteiger partial charge in [0.25, 0.3) is 5.91 Å². The van der Waals surface area contributed by atoms with Crippen LogP contribution in [0.15, 0.2) is 84.9 Å². The van der Waals surface area contributed by atoms with E-state index in [0.717, 1.165) is 5.56 Å². The van der Waals surface area contributed by atoms with Gasteiger partial charge in [-0.25, -0.2) is 9.45 Å². The Hall–Kier alpha value is -3.51. The predicted molar refractivity (Wildman–Crippen MR) is 108 cm³/mol. The number of hydrogen-bond acceptors (Lipinski definition) is 4. The molecule has 5 rings (SSSR count). The number of carbonyl (C=O) groups is 2. The number of rotatable bonds is 4. The van der Waals surface area contributed by atoms with E-state index in [4.69, 9.17) is 4.84 Å². The van der Waals surface area contributed by atoms with E-state index in [1.165, 1.54) is 16.0 Å². The van der Waals surface area contributed by atoms with Crippen molar-refractivity contribution in [3.05, 3.63) is 102 Å². The van der Waals surface area contributed by atoms with Crippen LogP contribution in [0.2, 0.25) is 0 Å². The fourth-order valence-electron chi connectivity index (χ4n) is 4.22. The molecule has 0 aromatic heterocycles. The Kier molecular flexibility index (Phi) is 4.56. The van der Waals surface area contributed by atoms with Crippen molar-refractivity contribution in [3.63, 3.8) is 0 Å². The Bertz CT molecular complexity index is 1090. The van der Waals surface area contributed by atoms with Crippen LogP contribution in [-0.2, 0) is 21.0 Å². The van der Waals surface area contributed by atoms with Crippen LogP contribution in [0.25, 0.3) is 0 Å². The van der Waals surface area contributed by atoms with Crippen LogP contribution in [0.3, 0.4) is 0 Å². The van der Waals surface area contributed by atoms with Gasteiger partial charge >= 0.3 is 0 Å². The summed E-state index contributed by atoms with van der Waals surface area (Å²) in [6, 6.07) is 24.0. The maximum absolute atomic E-state index is 14.8. The number of likely N-dealkylation sites (tertiary alicyclic amines) is 1. The van der Waals surface area contributed by atoms with Gasteiger partial charge < -0.3 is 0 Å². The second-order valence-electron chi connectivity index (χ2n) is 7.43. The number of halogens is 1. The number of hydroxylamine groups is 1. The van der Waals surface area contributed by atoms with Crippen LogP contribution in [0, 0.1) is 11.7 Å². The number of para-hydroxylation sites is 1. The molecule has 3 aromatic rings. The van der Waals surface area contributed by atoms with Crippen LogP contribution >= 0.6 is 0 Å². The number of nitrogens with zero attached hydrogens (tertiary/aromatic N) is 2. The summed E-state index contributed by atoms with van der Waals surface area (Å²) in [7, 11) is 0. The zero-order valence-corrected chi connectivity index (χ0v) is 16.0. The number of hydrogen-bond donors (Lipinski definition) is 0. The minimum Gasteiger partial charge on any atom is -0.275 e. The van der Waals surface area contributed by atoms with Gasteiger partial charge in [-0.05, 0) is 23.8 Å². The van der Waals surface area contributed by atoms with Gasteiger partial charge in [0.05, 0.1) is 18.3 Å². The van der Waals surface area contributed by atoms with Gasteiger partial charge in [-0.15, -0.1) is 0 Å². The summed E-state index contributed by atoms with van der Waals surface area (Å²) >= 11 is 0. The van der Waals surface area contributed by atoms with Gasteiger partial charge in [0.2, 0.25) is 5.91 Å². The van der Waals surface area contributed by atoms with Crippen molar-refractivity contribution in [2.75, 3.05) is 5.06 Å². The van der Waals surface area contributed by atoms with E-state index in [1.807, 2.05) is 60.7 Å². The van der Waals surface area contributed by atoms with Crippen molar-refractivity contribution in [1.82, 2.24) is 4.90 Å². The molecule has 0 radical (unpaired) electrons. The first-order valence-electron chi connectivity index (χ1n) is 9.80. The molecule has 2 amide bonds. The number of benzene rings is 3. The Morgan fingerprint density at radius 1 is 0.800 bits per heavy atom. The molecule has 0 spiro atoms. The largest absolute Gasteiger partial charge is 0.275 e. The van der Waals surface area contributed by atoms with E-state index in [1.54, 1.807) is 18.2 Å².